The van der Waals surface area contributed by atoms with Gasteiger partial charge in [-0.1, -0.05) is 44.2 Å². The second kappa shape index (κ2) is 12.5. The van der Waals surface area contributed by atoms with Crippen LogP contribution in [0, 0.1) is 6.92 Å². The number of carbonyl (C=O) groups is 3. The summed E-state index contributed by atoms with van der Waals surface area (Å²) in [6, 6.07) is 13.8. The van der Waals surface area contributed by atoms with Gasteiger partial charge >= 0.3 is 0 Å². The molecule has 1 aliphatic heterocycles. The summed E-state index contributed by atoms with van der Waals surface area (Å²) >= 11 is 0. The minimum Gasteiger partial charge on any atom is -0.376 e. The van der Waals surface area contributed by atoms with Gasteiger partial charge in [-0.05, 0) is 35.7 Å². The molecule has 2 aromatic carbocycles. The number of hydrogen-bond donors (Lipinski definition) is 3. The van der Waals surface area contributed by atoms with E-state index in [1.54, 1.807) is 36.1 Å². The van der Waals surface area contributed by atoms with Crippen LogP contribution in [-0.4, -0.2) is 79.0 Å². The van der Waals surface area contributed by atoms with E-state index >= 15 is 0 Å². The molecule has 0 fully saturated rings. The Hall–Kier alpha value is -3.43. The van der Waals surface area contributed by atoms with Gasteiger partial charge in [-0.2, -0.15) is 0 Å². The lowest BCUT2D eigenvalue weighted by molar-refractivity contribution is -0.151. The van der Waals surface area contributed by atoms with E-state index in [4.69, 9.17) is 0 Å². The molecule has 3 amide bonds. The molecule has 0 atom stereocenters. The van der Waals surface area contributed by atoms with Crippen molar-refractivity contribution in [2.45, 2.75) is 39.9 Å². The molecule has 3 rings (SSSR count). The molecule has 0 saturated carbocycles. The normalized spacial score (nSPS) is 12.8. The summed E-state index contributed by atoms with van der Waals surface area (Å²) < 4.78 is 0. The highest BCUT2D eigenvalue weighted by atomic mass is 16.2. The maximum absolute atomic E-state index is 13.2. The quantitative estimate of drug-likeness (QED) is 0.442. The number of carbonyl (C=O) groups excluding carboxylic acids is 3. The number of likely N-dealkylation sites (N-methyl/N-ethyl adjacent to an activating group) is 1. The second-order valence-electron chi connectivity index (χ2n) is 9.40. The van der Waals surface area contributed by atoms with Gasteiger partial charge < -0.3 is 20.9 Å². The summed E-state index contributed by atoms with van der Waals surface area (Å²) in [4.78, 5) is 40.0. The zero-order valence-electron chi connectivity index (χ0n) is 21.9. The summed E-state index contributed by atoms with van der Waals surface area (Å²) in [5, 5.41) is 12.7. The van der Waals surface area contributed by atoms with Crippen LogP contribution in [0.15, 0.2) is 42.5 Å². The molecular weight excluding hydrogens is 456 g/mol. The van der Waals surface area contributed by atoms with Gasteiger partial charge in [0.05, 0.1) is 6.54 Å². The van der Waals surface area contributed by atoms with Crippen molar-refractivity contribution in [2.75, 3.05) is 45.6 Å². The maximum atomic E-state index is 13.2. The van der Waals surface area contributed by atoms with Crippen LogP contribution in [0.3, 0.4) is 0 Å². The van der Waals surface area contributed by atoms with Crippen molar-refractivity contribution < 1.29 is 14.4 Å². The van der Waals surface area contributed by atoms with Gasteiger partial charge in [-0.25, -0.2) is 5.01 Å². The number of amides is 3. The fourth-order valence-electron chi connectivity index (χ4n) is 4.11. The molecule has 0 aliphatic carbocycles. The Labute approximate surface area is 213 Å². The van der Waals surface area contributed by atoms with Crippen molar-refractivity contribution in [1.82, 2.24) is 25.6 Å². The summed E-state index contributed by atoms with van der Waals surface area (Å²) in [5.41, 5.74) is 4.57. The Morgan fingerprint density at radius 3 is 2.31 bits per heavy atom. The zero-order chi connectivity index (χ0) is 26.2. The molecule has 0 radical (unpaired) electrons. The number of aryl methyl sites for hydroxylation is 1. The van der Waals surface area contributed by atoms with E-state index < -0.39 is 0 Å². The van der Waals surface area contributed by atoms with Crippen molar-refractivity contribution in [3.8, 4) is 0 Å². The average Bonchev–Trinajstić information content (AvgIpc) is 3.30. The van der Waals surface area contributed by atoms with Gasteiger partial charge in [0, 0.05) is 57.6 Å². The first-order valence-electron chi connectivity index (χ1n) is 12.4. The zero-order valence-corrected chi connectivity index (χ0v) is 21.9. The predicted octanol–water partition coefficient (Wildman–Crippen LogP) is 1.98. The topological polar surface area (TPSA) is 97.0 Å². The fraction of sp³-hybridized carbons (Fsp3) is 0.444. The second-order valence-corrected chi connectivity index (χ2v) is 9.40. The number of hydrogen-bond acceptors (Lipinski definition) is 6. The smallest absolute Gasteiger partial charge is 0.256 e. The van der Waals surface area contributed by atoms with Crippen molar-refractivity contribution in [3.63, 3.8) is 0 Å². The molecule has 9 nitrogen and oxygen atoms in total. The third-order valence-corrected chi connectivity index (χ3v) is 6.38. The standard InChI is InChI=1S/C27H38N6O3/c1-19(2)29-12-13-32(18-26(35)31(5)33-16-22-8-6-7-9-23(22)17-33)25(34)15-30-24-14-21(27(36)28-4)11-10-20(24)3/h6-11,14,19,29-30H,12-13,15-18H2,1-5H3,(H,28,36). The molecule has 36 heavy (non-hydrogen) atoms. The molecule has 0 spiro atoms. The average molecular weight is 495 g/mol. The number of benzene rings is 2. The van der Waals surface area contributed by atoms with Gasteiger partial charge in [0.15, 0.2) is 0 Å². The lowest BCUT2D eigenvalue weighted by Crippen LogP contribution is -2.49. The SMILES string of the molecule is CNC(=O)c1ccc(C)c(NCC(=O)N(CCNC(C)C)CC(=O)N(C)N2Cc3ccccc3C2)c1. The van der Waals surface area contributed by atoms with Crippen molar-refractivity contribution >= 4 is 23.4 Å². The molecule has 0 saturated heterocycles. The first-order valence-corrected chi connectivity index (χ1v) is 12.4. The predicted molar refractivity (Wildman–Crippen MR) is 141 cm³/mol. The summed E-state index contributed by atoms with van der Waals surface area (Å²) in [6.45, 7) is 8.34. The van der Waals surface area contributed by atoms with Gasteiger partial charge in [-0.3, -0.25) is 19.4 Å². The van der Waals surface area contributed by atoms with Crippen LogP contribution < -0.4 is 16.0 Å². The molecule has 3 N–H and O–H groups in total. The largest absolute Gasteiger partial charge is 0.376 e. The minimum absolute atomic E-state index is 0.0130. The van der Waals surface area contributed by atoms with E-state index in [1.807, 2.05) is 44.0 Å². The molecule has 1 aliphatic rings. The van der Waals surface area contributed by atoms with Crippen molar-refractivity contribution in [3.05, 3.63) is 64.7 Å². The molecule has 2 aromatic rings. The van der Waals surface area contributed by atoms with E-state index in [0.29, 0.717) is 37.4 Å². The van der Waals surface area contributed by atoms with E-state index in [9.17, 15) is 14.4 Å². The van der Waals surface area contributed by atoms with Crippen LogP contribution in [0.25, 0.3) is 0 Å². The first-order chi connectivity index (χ1) is 17.2. The lowest BCUT2D eigenvalue weighted by Gasteiger charge is -2.31. The molecule has 194 valence electrons. The van der Waals surface area contributed by atoms with Gasteiger partial charge in [-0.15, -0.1) is 0 Å². The number of fused-ring (bicyclic) bond motifs is 1. The number of nitrogens with one attached hydrogen (secondary N) is 3. The summed E-state index contributed by atoms with van der Waals surface area (Å²) in [6.07, 6.45) is 0. The van der Waals surface area contributed by atoms with E-state index in [-0.39, 0.29) is 36.9 Å². The monoisotopic (exact) mass is 494 g/mol. The highest BCUT2D eigenvalue weighted by Gasteiger charge is 2.27. The third-order valence-electron chi connectivity index (χ3n) is 6.38. The lowest BCUT2D eigenvalue weighted by atomic mass is 10.1. The van der Waals surface area contributed by atoms with Crippen LogP contribution in [0.4, 0.5) is 5.69 Å². The number of anilines is 1. The van der Waals surface area contributed by atoms with E-state index in [1.165, 1.54) is 11.1 Å². The Morgan fingerprint density at radius 2 is 1.69 bits per heavy atom. The first kappa shape index (κ1) is 27.2. The van der Waals surface area contributed by atoms with Crippen LogP contribution in [0.1, 0.15) is 40.9 Å². The fourth-order valence-corrected chi connectivity index (χ4v) is 4.11. The number of nitrogens with zero attached hydrogens (tertiary/aromatic N) is 3. The third kappa shape index (κ3) is 7.05. The van der Waals surface area contributed by atoms with Crippen molar-refractivity contribution in [2.24, 2.45) is 0 Å². The van der Waals surface area contributed by atoms with E-state index in [2.05, 4.69) is 28.1 Å². The van der Waals surface area contributed by atoms with Crippen LogP contribution >= 0.6 is 0 Å². The molecule has 9 heteroatoms. The van der Waals surface area contributed by atoms with Crippen LogP contribution in [0.2, 0.25) is 0 Å². The number of hydrazine groups is 1. The van der Waals surface area contributed by atoms with Gasteiger partial charge in [0.2, 0.25) is 5.91 Å². The van der Waals surface area contributed by atoms with Crippen LogP contribution in [-0.2, 0) is 22.7 Å². The molecular formula is C27H38N6O3. The van der Waals surface area contributed by atoms with Gasteiger partial charge in [0.1, 0.15) is 6.54 Å². The summed E-state index contributed by atoms with van der Waals surface area (Å²) in [7, 11) is 3.34. The van der Waals surface area contributed by atoms with Crippen molar-refractivity contribution in [1.29, 1.82) is 0 Å². The molecule has 1 heterocycles. The Kier molecular flexibility index (Phi) is 9.44. The molecule has 0 aromatic heterocycles. The highest BCUT2D eigenvalue weighted by molar-refractivity contribution is 5.95. The summed E-state index contributed by atoms with van der Waals surface area (Å²) in [5.74, 6) is -0.515. The highest BCUT2D eigenvalue weighted by Crippen LogP contribution is 2.23. The van der Waals surface area contributed by atoms with E-state index in [0.717, 1.165) is 5.56 Å². The maximum Gasteiger partial charge on any atom is 0.256 e. The Bertz CT molecular complexity index is 1060. The van der Waals surface area contributed by atoms with Crippen LogP contribution in [0.5, 0.6) is 0 Å². The molecule has 0 bridgehead atoms. The Balaban J connectivity index is 1.64. The number of rotatable bonds is 11. The minimum atomic E-state index is -0.191. The van der Waals surface area contributed by atoms with Gasteiger partial charge in [0.25, 0.3) is 11.8 Å². The molecule has 0 unspecified atom stereocenters. The Morgan fingerprint density at radius 1 is 1.03 bits per heavy atom.